The number of anilines is 1. The summed E-state index contributed by atoms with van der Waals surface area (Å²) in [7, 11) is 0. The smallest absolute Gasteiger partial charge is 0.251 e. The maximum atomic E-state index is 13.6. The molecule has 4 atom stereocenters. The number of hydrogen-bond acceptors (Lipinski definition) is 7. The summed E-state index contributed by atoms with van der Waals surface area (Å²) in [6.45, 7) is 4.03. The molecule has 208 valence electrons. The van der Waals surface area contributed by atoms with Gasteiger partial charge in [-0.2, -0.15) is 0 Å². The second-order valence-corrected chi connectivity index (χ2v) is 10.00. The number of para-hydroxylation sites is 1. The van der Waals surface area contributed by atoms with Gasteiger partial charge in [0.15, 0.2) is 0 Å². The quantitative estimate of drug-likeness (QED) is 0.273. The number of aromatic nitrogens is 3. The number of ether oxygens (including phenoxy) is 1. The fraction of sp³-hybridized carbons (Fsp3) is 0.357. The molecular formula is C28H32N8O4. The number of hydrogen-bond donors (Lipinski definition) is 5. The highest BCUT2D eigenvalue weighted by molar-refractivity contribution is 6.10. The predicted octanol–water partition coefficient (Wildman–Crippen LogP) is 1.55. The van der Waals surface area contributed by atoms with Crippen molar-refractivity contribution in [1.29, 1.82) is 5.41 Å². The van der Waals surface area contributed by atoms with Gasteiger partial charge in [-0.25, -0.2) is 0 Å². The summed E-state index contributed by atoms with van der Waals surface area (Å²) in [6.07, 6.45) is 2.63. The predicted molar refractivity (Wildman–Crippen MR) is 147 cm³/mol. The minimum absolute atomic E-state index is 0.00463. The number of H-pyrrole nitrogens is 1. The lowest BCUT2D eigenvalue weighted by Gasteiger charge is -2.31. The number of carbonyl (C=O) groups is 3. The minimum Gasteiger partial charge on any atom is -0.489 e. The molecule has 0 fully saturated rings. The molecule has 3 heterocycles. The van der Waals surface area contributed by atoms with Crippen molar-refractivity contribution >= 4 is 29.2 Å². The standard InChI is InChI=1S/C28H32N8O4/c1-3-16(2)23(33-26(37)17-8-5-4-6-9-17)28(39)32-20-15-40-22-11-7-10-18-12-21(36(24(18)22)25(20)29)27(38)30-13-19-14-31-35-34-19/h4-11,14,16,20-21,23,29H,3,12-13,15H2,1-2H3,(H,30,38)(H,32,39)(H,33,37)(H,31,34,35)/t16-,20-,21+,23-/m0/s1. The Morgan fingerprint density at radius 2 is 1.98 bits per heavy atom. The number of rotatable bonds is 9. The zero-order chi connectivity index (χ0) is 28.2. The maximum absolute atomic E-state index is 13.6. The monoisotopic (exact) mass is 544 g/mol. The lowest BCUT2D eigenvalue weighted by atomic mass is 9.97. The fourth-order valence-electron chi connectivity index (χ4n) is 4.99. The Hall–Kier alpha value is -4.74. The molecule has 3 aromatic rings. The van der Waals surface area contributed by atoms with Crippen molar-refractivity contribution in [3.63, 3.8) is 0 Å². The molecule has 12 heteroatoms. The number of carbonyl (C=O) groups excluding carboxylic acids is 3. The molecule has 1 aromatic heterocycles. The highest BCUT2D eigenvalue weighted by atomic mass is 16.5. The average Bonchev–Trinajstić information content (AvgIpc) is 3.61. The number of nitrogens with one attached hydrogen (secondary N) is 5. The Kier molecular flexibility index (Phi) is 7.76. The lowest BCUT2D eigenvalue weighted by Crippen LogP contribution is -2.59. The number of nitrogens with zero attached hydrogens (tertiary/aromatic N) is 3. The Labute approximate surface area is 231 Å². The van der Waals surface area contributed by atoms with Crippen LogP contribution in [0.4, 0.5) is 5.69 Å². The second kappa shape index (κ2) is 11.6. The molecule has 5 N–H and O–H groups in total. The molecule has 2 aliphatic heterocycles. The summed E-state index contributed by atoms with van der Waals surface area (Å²) in [5.74, 6) is -0.644. The van der Waals surface area contributed by atoms with Crippen LogP contribution in [0.1, 0.15) is 41.9 Å². The van der Waals surface area contributed by atoms with Gasteiger partial charge in [0, 0.05) is 18.2 Å². The summed E-state index contributed by atoms with van der Waals surface area (Å²) in [6, 6.07) is 11.9. The van der Waals surface area contributed by atoms with E-state index in [9.17, 15) is 14.4 Å². The zero-order valence-corrected chi connectivity index (χ0v) is 22.3. The van der Waals surface area contributed by atoms with Crippen molar-refractivity contribution in [2.45, 2.75) is 51.4 Å². The second-order valence-electron chi connectivity index (χ2n) is 10.00. The van der Waals surface area contributed by atoms with Gasteiger partial charge < -0.3 is 25.6 Å². The van der Waals surface area contributed by atoms with E-state index in [0.717, 1.165) is 5.56 Å². The molecule has 5 rings (SSSR count). The van der Waals surface area contributed by atoms with Crippen molar-refractivity contribution in [2.24, 2.45) is 5.92 Å². The molecule has 0 aliphatic carbocycles. The van der Waals surface area contributed by atoms with E-state index in [2.05, 4.69) is 31.4 Å². The van der Waals surface area contributed by atoms with Crippen LogP contribution in [0.25, 0.3) is 0 Å². The van der Waals surface area contributed by atoms with Crippen LogP contribution in [0.15, 0.2) is 54.7 Å². The Bertz CT molecular complexity index is 1390. The molecule has 0 unspecified atom stereocenters. The van der Waals surface area contributed by atoms with E-state index >= 15 is 0 Å². The van der Waals surface area contributed by atoms with Crippen molar-refractivity contribution in [3.05, 3.63) is 71.5 Å². The fourth-order valence-corrected chi connectivity index (χ4v) is 4.99. The molecule has 40 heavy (non-hydrogen) atoms. The SMILES string of the molecule is CC[C@H](C)[C@H](NC(=O)c1ccccc1)C(=O)N[C@H]1COc2cccc3c2N(C1=N)[C@@H](C(=O)NCc1c[nH]nn1)C3. The molecule has 0 spiro atoms. The van der Waals surface area contributed by atoms with Gasteiger partial charge in [0.25, 0.3) is 5.91 Å². The molecule has 0 saturated heterocycles. The normalized spacial score (nSPS) is 19.1. The number of amides is 3. The molecule has 3 amide bonds. The summed E-state index contributed by atoms with van der Waals surface area (Å²) in [5.41, 5.74) is 2.57. The summed E-state index contributed by atoms with van der Waals surface area (Å²) in [4.78, 5) is 41.4. The van der Waals surface area contributed by atoms with Crippen molar-refractivity contribution in [1.82, 2.24) is 31.4 Å². The van der Waals surface area contributed by atoms with E-state index < -0.39 is 24.0 Å². The highest BCUT2D eigenvalue weighted by Crippen LogP contribution is 2.42. The van der Waals surface area contributed by atoms with E-state index in [0.29, 0.717) is 35.5 Å². The molecule has 12 nitrogen and oxygen atoms in total. The third-order valence-electron chi connectivity index (χ3n) is 7.39. The number of aromatic amines is 1. The van der Waals surface area contributed by atoms with Gasteiger partial charge in [-0.05, 0) is 29.7 Å². The first-order valence-corrected chi connectivity index (χ1v) is 13.3. The van der Waals surface area contributed by atoms with E-state index in [1.54, 1.807) is 41.4 Å². The zero-order valence-electron chi connectivity index (χ0n) is 22.3. The Morgan fingerprint density at radius 1 is 1.18 bits per heavy atom. The number of benzene rings is 2. The van der Waals surface area contributed by atoms with E-state index in [-0.39, 0.29) is 36.7 Å². The van der Waals surface area contributed by atoms with Crippen molar-refractivity contribution in [2.75, 3.05) is 11.5 Å². The van der Waals surface area contributed by atoms with Gasteiger partial charge >= 0.3 is 0 Å². The molecule has 0 saturated carbocycles. The van der Waals surface area contributed by atoms with Crippen LogP contribution < -0.4 is 25.6 Å². The van der Waals surface area contributed by atoms with Gasteiger partial charge in [0.05, 0.1) is 12.2 Å². The average molecular weight is 545 g/mol. The van der Waals surface area contributed by atoms with E-state index in [4.69, 9.17) is 10.1 Å². The first kappa shape index (κ1) is 26.9. The van der Waals surface area contributed by atoms with E-state index in [1.807, 2.05) is 32.0 Å². The van der Waals surface area contributed by atoms with Crippen LogP contribution in [0, 0.1) is 11.3 Å². The highest BCUT2D eigenvalue weighted by Gasteiger charge is 2.43. The summed E-state index contributed by atoms with van der Waals surface area (Å²) < 4.78 is 6.05. The van der Waals surface area contributed by atoms with Crippen LogP contribution in [0.3, 0.4) is 0 Å². The van der Waals surface area contributed by atoms with Crippen molar-refractivity contribution in [3.8, 4) is 5.75 Å². The van der Waals surface area contributed by atoms with Crippen LogP contribution in [-0.2, 0) is 22.6 Å². The molecule has 2 aromatic carbocycles. The van der Waals surface area contributed by atoms with Gasteiger partial charge in [0.1, 0.15) is 42.0 Å². The van der Waals surface area contributed by atoms with Crippen LogP contribution >= 0.6 is 0 Å². The first-order valence-electron chi connectivity index (χ1n) is 13.3. The van der Waals surface area contributed by atoms with Crippen molar-refractivity contribution < 1.29 is 19.1 Å². The third kappa shape index (κ3) is 5.37. The van der Waals surface area contributed by atoms with Crippen LogP contribution in [0.2, 0.25) is 0 Å². The Morgan fingerprint density at radius 3 is 2.70 bits per heavy atom. The van der Waals surface area contributed by atoms with E-state index in [1.165, 1.54) is 0 Å². The van der Waals surface area contributed by atoms with Crippen LogP contribution in [-0.4, -0.2) is 63.7 Å². The van der Waals surface area contributed by atoms with Gasteiger partial charge in [-0.1, -0.05) is 55.8 Å². The topological polar surface area (TPSA) is 165 Å². The summed E-state index contributed by atoms with van der Waals surface area (Å²) in [5, 5.41) is 27.9. The third-order valence-corrected chi connectivity index (χ3v) is 7.39. The number of amidine groups is 1. The molecule has 0 radical (unpaired) electrons. The molecular weight excluding hydrogens is 512 g/mol. The Balaban J connectivity index is 1.35. The lowest BCUT2D eigenvalue weighted by molar-refractivity contribution is -0.124. The molecule has 0 bridgehead atoms. The molecule has 2 aliphatic rings. The largest absolute Gasteiger partial charge is 0.489 e. The minimum atomic E-state index is -0.850. The van der Waals surface area contributed by atoms with Gasteiger partial charge in [-0.15, -0.1) is 5.10 Å². The van der Waals surface area contributed by atoms with Gasteiger partial charge in [-0.3, -0.25) is 24.9 Å². The summed E-state index contributed by atoms with van der Waals surface area (Å²) >= 11 is 0. The van der Waals surface area contributed by atoms with Gasteiger partial charge in [0.2, 0.25) is 11.8 Å². The first-order chi connectivity index (χ1) is 19.4. The van der Waals surface area contributed by atoms with Crippen LogP contribution in [0.5, 0.6) is 5.75 Å². The maximum Gasteiger partial charge on any atom is 0.251 e.